The van der Waals surface area contributed by atoms with E-state index in [4.69, 9.17) is 16.3 Å². The van der Waals surface area contributed by atoms with Gasteiger partial charge >= 0.3 is 5.97 Å². The summed E-state index contributed by atoms with van der Waals surface area (Å²) in [7, 11) is 2.15. The number of rotatable bonds is 4. The van der Waals surface area contributed by atoms with Gasteiger partial charge in [0.05, 0.1) is 6.61 Å². The van der Waals surface area contributed by atoms with Crippen molar-refractivity contribution in [3.8, 4) is 0 Å². The Morgan fingerprint density at radius 1 is 1.36 bits per heavy atom. The maximum absolute atomic E-state index is 12.5. The molecule has 0 radical (unpaired) electrons. The fraction of sp³-hybridized carbons (Fsp3) is 0.588. The van der Waals surface area contributed by atoms with Gasteiger partial charge in [0.2, 0.25) is 0 Å². The Hall–Kier alpha value is -1.10. The van der Waals surface area contributed by atoms with Crippen LogP contribution in [0.25, 0.3) is 0 Å². The number of ether oxygens (including phenoxy) is 1. The van der Waals surface area contributed by atoms with Crippen LogP contribution in [0.2, 0.25) is 5.02 Å². The van der Waals surface area contributed by atoms with Crippen molar-refractivity contribution in [1.82, 2.24) is 4.90 Å². The monoisotopic (exact) mass is 323 g/mol. The first-order chi connectivity index (χ1) is 10.6. The summed E-state index contributed by atoms with van der Waals surface area (Å²) in [6.07, 6.45) is 4.10. The van der Waals surface area contributed by atoms with E-state index in [2.05, 4.69) is 11.9 Å². The van der Waals surface area contributed by atoms with Crippen molar-refractivity contribution in [2.24, 2.45) is 0 Å². The van der Waals surface area contributed by atoms with E-state index in [1.54, 1.807) is 18.2 Å². The third-order valence-electron chi connectivity index (χ3n) is 5.09. The molecular weight excluding hydrogens is 302 g/mol. The molecule has 2 aliphatic heterocycles. The second-order valence-corrected chi connectivity index (χ2v) is 6.74. The first-order valence-corrected chi connectivity index (χ1v) is 8.25. The number of piperidine rings is 1. The van der Waals surface area contributed by atoms with Gasteiger partial charge in [-0.05, 0) is 44.4 Å². The summed E-state index contributed by atoms with van der Waals surface area (Å²) in [5.74, 6) is -1.07. The zero-order valence-electron chi connectivity index (χ0n) is 12.7. The van der Waals surface area contributed by atoms with Gasteiger partial charge in [-0.3, -0.25) is 4.79 Å². The van der Waals surface area contributed by atoms with Gasteiger partial charge in [-0.25, -0.2) is 0 Å². The fourth-order valence-corrected chi connectivity index (χ4v) is 4.03. The lowest BCUT2D eigenvalue weighted by Crippen LogP contribution is -2.43. The van der Waals surface area contributed by atoms with Crippen molar-refractivity contribution < 1.29 is 14.6 Å². The fourth-order valence-electron chi connectivity index (χ4n) is 3.76. The molecule has 3 rings (SSSR count). The predicted octanol–water partition coefficient (Wildman–Crippen LogP) is 2.58. The van der Waals surface area contributed by atoms with Gasteiger partial charge in [-0.15, -0.1) is 0 Å². The molecule has 4 nitrogen and oxygen atoms in total. The third-order valence-corrected chi connectivity index (χ3v) is 5.43. The average molecular weight is 324 g/mol. The Labute approximate surface area is 136 Å². The Morgan fingerprint density at radius 3 is 2.59 bits per heavy atom. The number of halogens is 1. The van der Waals surface area contributed by atoms with E-state index in [0.29, 0.717) is 22.7 Å². The highest BCUT2D eigenvalue weighted by atomic mass is 35.5. The number of hydrogen-bond acceptors (Lipinski definition) is 4. The number of aliphatic hydroxyl groups is 1. The lowest BCUT2D eigenvalue weighted by molar-refractivity contribution is -0.155. The van der Waals surface area contributed by atoms with E-state index < -0.39 is 5.92 Å². The molecule has 1 N–H and O–H groups in total. The lowest BCUT2D eigenvalue weighted by Gasteiger charge is -2.36. The van der Waals surface area contributed by atoms with Gasteiger partial charge in [0.1, 0.15) is 12.0 Å². The molecule has 0 aliphatic carbocycles. The molecule has 120 valence electrons. The van der Waals surface area contributed by atoms with Crippen molar-refractivity contribution in [1.29, 1.82) is 0 Å². The number of carbonyl (C=O) groups excluding carboxylic acids is 1. The average Bonchev–Trinajstić information content (AvgIpc) is 2.72. The van der Waals surface area contributed by atoms with Crippen LogP contribution in [0.4, 0.5) is 0 Å². The number of esters is 1. The molecule has 5 heteroatoms. The Bertz CT molecular complexity index is 536. The van der Waals surface area contributed by atoms with Crippen LogP contribution in [-0.2, 0) is 9.53 Å². The lowest BCUT2D eigenvalue weighted by atomic mass is 9.98. The SMILES string of the molecule is CN1C2CCC1CC(OC(=O)C(CO)c1ccccc1Cl)C2. The molecule has 2 aliphatic rings. The first kappa shape index (κ1) is 15.8. The molecule has 3 unspecified atom stereocenters. The molecule has 2 heterocycles. The Balaban J connectivity index is 1.67. The predicted molar refractivity (Wildman–Crippen MR) is 85.0 cm³/mol. The van der Waals surface area contributed by atoms with Crippen LogP contribution in [0.1, 0.15) is 37.2 Å². The Morgan fingerprint density at radius 2 is 2.00 bits per heavy atom. The largest absolute Gasteiger partial charge is 0.462 e. The van der Waals surface area contributed by atoms with Crippen LogP contribution >= 0.6 is 11.6 Å². The summed E-state index contributed by atoms with van der Waals surface area (Å²) in [5, 5.41) is 10.1. The second kappa shape index (κ2) is 6.57. The highest BCUT2D eigenvalue weighted by Gasteiger charge is 2.40. The van der Waals surface area contributed by atoms with E-state index in [1.165, 1.54) is 12.8 Å². The van der Waals surface area contributed by atoms with E-state index in [9.17, 15) is 9.90 Å². The summed E-state index contributed by atoms with van der Waals surface area (Å²) in [4.78, 5) is 14.9. The molecule has 22 heavy (non-hydrogen) atoms. The van der Waals surface area contributed by atoms with Gasteiger partial charge in [-0.2, -0.15) is 0 Å². The molecule has 3 atom stereocenters. The maximum atomic E-state index is 12.5. The van der Waals surface area contributed by atoms with Crippen LogP contribution in [0.15, 0.2) is 24.3 Å². The van der Waals surface area contributed by atoms with Crippen LogP contribution in [0.3, 0.4) is 0 Å². The summed E-state index contributed by atoms with van der Waals surface area (Å²) in [6, 6.07) is 8.15. The van der Waals surface area contributed by atoms with Crippen LogP contribution in [-0.4, -0.2) is 47.8 Å². The normalized spacial score (nSPS) is 29.3. The molecule has 2 saturated heterocycles. The number of aliphatic hydroxyl groups excluding tert-OH is 1. The topological polar surface area (TPSA) is 49.8 Å². The van der Waals surface area contributed by atoms with E-state index in [0.717, 1.165) is 12.8 Å². The van der Waals surface area contributed by atoms with Crippen molar-refractivity contribution in [2.45, 2.75) is 49.8 Å². The van der Waals surface area contributed by atoms with E-state index in [-0.39, 0.29) is 18.7 Å². The summed E-state index contributed by atoms with van der Waals surface area (Å²) in [6.45, 7) is -0.290. The maximum Gasteiger partial charge on any atom is 0.316 e. The minimum Gasteiger partial charge on any atom is -0.462 e. The quantitative estimate of drug-likeness (QED) is 0.865. The molecule has 0 aromatic heterocycles. The van der Waals surface area contributed by atoms with Gasteiger partial charge in [0, 0.05) is 17.1 Å². The van der Waals surface area contributed by atoms with Crippen molar-refractivity contribution in [3.05, 3.63) is 34.9 Å². The number of fused-ring (bicyclic) bond motifs is 2. The van der Waals surface area contributed by atoms with Crippen molar-refractivity contribution >= 4 is 17.6 Å². The summed E-state index contributed by atoms with van der Waals surface area (Å²) in [5.41, 5.74) is 0.632. The number of benzene rings is 1. The van der Waals surface area contributed by atoms with E-state index >= 15 is 0 Å². The third kappa shape index (κ3) is 3.00. The zero-order chi connectivity index (χ0) is 15.7. The number of nitrogens with zero attached hydrogens (tertiary/aromatic N) is 1. The molecule has 1 aromatic carbocycles. The molecule has 0 amide bonds. The standard InChI is InChI=1S/C17H22ClNO3/c1-19-11-6-7-12(19)9-13(8-11)22-17(21)15(10-20)14-4-2-3-5-16(14)18/h2-5,11-13,15,20H,6-10H2,1H3. The zero-order valence-corrected chi connectivity index (χ0v) is 13.5. The molecule has 2 fully saturated rings. The number of carbonyl (C=O) groups is 1. The van der Waals surface area contributed by atoms with E-state index in [1.807, 2.05) is 6.07 Å². The van der Waals surface area contributed by atoms with Crippen molar-refractivity contribution in [3.63, 3.8) is 0 Å². The number of hydrogen-bond donors (Lipinski definition) is 1. The minimum absolute atomic E-state index is 0.0438. The molecular formula is C17H22ClNO3. The Kier molecular flexibility index (Phi) is 4.71. The van der Waals surface area contributed by atoms with Crippen LogP contribution in [0, 0.1) is 0 Å². The van der Waals surface area contributed by atoms with Gasteiger partial charge in [0.25, 0.3) is 0 Å². The van der Waals surface area contributed by atoms with Gasteiger partial charge in [-0.1, -0.05) is 29.8 Å². The van der Waals surface area contributed by atoms with Gasteiger partial charge in [0.15, 0.2) is 0 Å². The summed E-state index contributed by atoms with van der Waals surface area (Å²) >= 11 is 6.13. The highest BCUT2D eigenvalue weighted by Crippen LogP contribution is 2.36. The smallest absolute Gasteiger partial charge is 0.316 e. The van der Waals surface area contributed by atoms with Crippen LogP contribution < -0.4 is 0 Å². The molecule has 0 spiro atoms. The summed E-state index contributed by atoms with van der Waals surface area (Å²) < 4.78 is 5.70. The highest BCUT2D eigenvalue weighted by molar-refractivity contribution is 6.31. The van der Waals surface area contributed by atoms with Crippen molar-refractivity contribution in [2.75, 3.05) is 13.7 Å². The second-order valence-electron chi connectivity index (χ2n) is 6.34. The minimum atomic E-state index is -0.703. The van der Waals surface area contributed by atoms with Crippen LogP contribution in [0.5, 0.6) is 0 Å². The molecule has 2 bridgehead atoms. The molecule has 1 aromatic rings. The molecule has 0 saturated carbocycles. The first-order valence-electron chi connectivity index (χ1n) is 7.88. The van der Waals surface area contributed by atoms with Gasteiger partial charge < -0.3 is 14.7 Å².